The normalized spacial score (nSPS) is 21.5. The molecule has 2 atom stereocenters. The van der Waals surface area contributed by atoms with Gasteiger partial charge in [-0.25, -0.2) is 18.4 Å². The highest BCUT2D eigenvalue weighted by Gasteiger charge is 2.46. The van der Waals surface area contributed by atoms with Gasteiger partial charge in [0, 0.05) is 11.6 Å². The minimum Gasteiger partial charge on any atom is -0.341 e. The van der Waals surface area contributed by atoms with Crippen molar-refractivity contribution in [3.63, 3.8) is 0 Å². The highest BCUT2D eigenvalue weighted by atomic mass is 32.2. The molecule has 0 unspecified atom stereocenters. The van der Waals surface area contributed by atoms with Gasteiger partial charge in [0.1, 0.15) is 36.9 Å². The van der Waals surface area contributed by atoms with E-state index in [0.29, 0.717) is 0 Å². The van der Waals surface area contributed by atoms with Crippen molar-refractivity contribution < 1.29 is 30.9 Å². The van der Waals surface area contributed by atoms with Gasteiger partial charge in [-0.15, -0.1) is 0 Å². The Morgan fingerprint density at radius 1 is 1.23 bits per heavy atom. The van der Waals surface area contributed by atoms with Crippen LogP contribution < -0.4 is 0 Å². The van der Waals surface area contributed by atoms with E-state index < -0.39 is 33.6 Å². The van der Waals surface area contributed by atoms with E-state index in [0.717, 1.165) is 17.7 Å². The molecule has 1 aliphatic heterocycles. The van der Waals surface area contributed by atoms with Crippen LogP contribution in [0.4, 0.5) is 8.78 Å². The summed E-state index contributed by atoms with van der Waals surface area (Å²) in [7, 11) is -4.02. The maximum Gasteiger partial charge on any atom is 0.297 e. The van der Waals surface area contributed by atoms with Gasteiger partial charge >= 0.3 is 0 Å². The van der Waals surface area contributed by atoms with E-state index in [9.17, 15) is 17.2 Å². The van der Waals surface area contributed by atoms with Crippen molar-refractivity contribution in [3.05, 3.63) is 77.9 Å². The first-order valence-electron chi connectivity index (χ1n) is 9.33. The third-order valence-electron chi connectivity index (χ3n) is 4.76. The predicted octanol–water partition coefficient (Wildman–Crippen LogP) is 2.54. The molecule has 0 spiro atoms. The molecular formula is C20H19F2N3O5S. The maximum absolute atomic E-state index is 14.6. The van der Waals surface area contributed by atoms with E-state index in [1.165, 1.54) is 35.5 Å². The van der Waals surface area contributed by atoms with Crippen LogP contribution in [0.5, 0.6) is 0 Å². The molecule has 164 valence electrons. The Labute approximate surface area is 177 Å². The summed E-state index contributed by atoms with van der Waals surface area (Å²) >= 11 is 0. The molecule has 1 aliphatic rings. The van der Waals surface area contributed by atoms with E-state index in [2.05, 4.69) is 10.1 Å². The summed E-state index contributed by atoms with van der Waals surface area (Å²) in [6, 6.07) is 9.22. The lowest BCUT2D eigenvalue weighted by molar-refractivity contribution is -0.192. The number of aromatic nitrogens is 3. The quantitative estimate of drug-likeness (QED) is 0.510. The number of rotatable bonds is 7. The van der Waals surface area contributed by atoms with Crippen LogP contribution in [0.3, 0.4) is 0 Å². The van der Waals surface area contributed by atoms with Gasteiger partial charge in [0.05, 0.1) is 18.1 Å². The van der Waals surface area contributed by atoms with E-state index in [1.807, 2.05) is 6.92 Å². The summed E-state index contributed by atoms with van der Waals surface area (Å²) in [5, 5.41) is 3.98. The first kappa shape index (κ1) is 21.5. The molecule has 0 N–H and O–H groups in total. The predicted molar refractivity (Wildman–Crippen MR) is 103 cm³/mol. The van der Waals surface area contributed by atoms with Crippen molar-refractivity contribution in [2.75, 3.05) is 13.2 Å². The fraction of sp³-hybridized carbons (Fsp3) is 0.300. The number of aryl methyl sites for hydroxylation is 1. The third-order valence-corrected chi connectivity index (χ3v) is 6.05. The molecule has 3 aromatic rings. The molecule has 31 heavy (non-hydrogen) atoms. The van der Waals surface area contributed by atoms with E-state index in [4.69, 9.17) is 13.7 Å². The van der Waals surface area contributed by atoms with E-state index in [1.54, 1.807) is 12.1 Å². The molecular weight excluding hydrogens is 432 g/mol. The van der Waals surface area contributed by atoms with Gasteiger partial charge in [0.25, 0.3) is 10.1 Å². The standard InChI is InChI=1S/C20H19F2N3O5S/c1-14-2-5-17(6-3-14)31(26,27)29-10-16-9-28-20(30-16,11-25-13-23-12-24-25)18-7-4-15(21)8-19(18)22/h2-8,12-13,16H,9-11H2,1H3/t16-,20+/m1/s1. The fourth-order valence-electron chi connectivity index (χ4n) is 3.22. The highest BCUT2D eigenvalue weighted by Crippen LogP contribution is 2.37. The summed E-state index contributed by atoms with van der Waals surface area (Å²) in [4.78, 5) is 3.85. The van der Waals surface area contributed by atoms with Crippen molar-refractivity contribution in [1.29, 1.82) is 0 Å². The summed E-state index contributed by atoms with van der Waals surface area (Å²) in [5.74, 6) is -3.28. The van der Waals surface area contributed by atoms with Crippen LogP contribution in [0.2, 0.25) is 0 Å². The van der Waals surface area contributed by atoms with Crippen LogP contribution in [0.25, 0.3) is 0 Å². The van der Waals surface area contributed by atoms with Crippen molar-refractivity contribution >= 4 is 10.1 Å². The van der Waals surface area contributed by atoms with Crippen molar-refractivity contribution in [3.8, 4) is 0 Å². The Kier molecular flexibility index (Phi) is 5.84. The fourth-order valence-corrected chi connectivity index (χ4v) is 4.16. The molecule has 0 saturated carbocycles. The molecule has 4 rings (SSSR count). The average molecular weight is 451 g/mol. The number of hydrogen-bond acceptors (Lipinski definition) is 7. The summed E-state index contributed by atoms with van der Waals surface area (Å²) in [5.41, 5.74) is 0.860. The lowest BCUT2D eigenvalue weighted by atomic mass is 10.0. The first-order chi connectivity index (χ1) is 14.8. The van der Waals surface area contributed by atoms with E-state index in [-0.39, 0.29) is 30.2 Å². The maximum atomic E-state index is 14.6. The molecule has 2 heterocycles. The van der Waals surface area contributed by atoms with Crippen LogP contribution in [0, 0.1) is 18.6 Å². The van der Waals surface area contributed by atoms with Crippen LogP contribution in [-0.4, -0.2) is 42.5 Å². The lowest BCUT2D eigenvalue weighted by Gasteiger charge is -2.28. The summed E-state index contributed by atoms with van der Waals surface area (Å²) in [6.45, 7) is 1.33. The number of benzene rings is 2. The van der Waals surface area contributed by atoms with Crippen LogP contribution >= 0.6 is 0 Å². The SMILES string of the molecule is Cc1ccc(S(=O)(=O)OC[C@H]2CO[C@](Cn3cncn3)(c3ccc(F)cc3F)O2)cc1. The van der Waals surface area contributed by atoms with Crippen LogP contribution in [-0.2, 0) is 36.1 Å². The van der Waals surface area contributed by atoms with Gasteiger partial charge in [0.15, 0.2) is 0 Å². The molecule has 1 saturated heterocycles. The molecule has 0 bridgehead atoms. The lowest BCUT2D eigenvalue weighted by Crippen LogP contribution is -2.35. The Hall–Kier alpha value is -2.73. The van der Waals surface area contributed by atoms with Crippen molar-refractivity contribution in [2.45, 2.75) is 30.3 Å². The topological polar surface area (TPSA) is 92.5 Å². The Morgan fingerprint density at radius 3 is 2.68 bits per heavy atom. The first-order valence-corrected chi connectivity index (χ1v) is 10.7. The van der Waals surface area contributed by atoms with Gasteiger partial charge in [-0.1, -0.05) is 17.7 Å². The average Bonchev–Trinajstić information content (AvgIpc) is 3.38. The van der Waals surface area contributed by atoms with Crippen molar-refractivity contribution in [2.24, 2.45) is 0 Å². The molecule has 0 radical (unpaired) electrons. The largest absolute Gasteiger partial charge is 0.341 e. The molecule has 8 nitrogen and oxygen atoms in total. The minimum absolute atomic E-state index is 0.00970. The molecule has 0 amide bonds. The Balaban J connectivity index is 1.53. The molecule has 1 aromatic heterocycles. The monoisotopic (exact) mass is 451 g/mol. The Morgan fingerprint density at radius 2 is 2.00 bits per heavy atom. The number of hydrogen-bond donors (Lipinski definition) is 0. The molecule has 1 fully saturated rings. The zero-order chi connectivity index (χ0) is 22.1. The Bertz CT molecular complexity index is 1160. The number of nitrogens with zero attached hydrogens (tertiary/aromatic N) is 3. The van der Waals surface area contributed by atoms with Gasteiger partial charge < -0.3 is 9.47 Å². The zero-order valence-corrected chi connectivity index (χ0v) is 17.3. The van der Waals surface area contributed by atoms with Gasteiger partial charge in [-0.2, -0.15) is 13.5 Å². The number of halogens is 2. The van der Waals surface area contributed by atoms with Crippen LogP contribution in [0.1, 0.15) is 11.1 Å². The van der Waals surface area contributed by atoms with Gasteiger partial charge in [-0.3, -0.25) is 4.18 Å². The summed E-state index contributed by atoms with van der Waals surface area (Å²) < 4.78 is 71.0. The molecule has 2 aromatic carbocycles. The molecule has 11 heteroatoms. The van der Waals surface area contributed by atoms with Gasteiger partial charge in [-0.05, 0) is 31.2 Å². The van der Waals surface area contributed by atoms with Crippen LogP contribution in [0.15, 0.2) is 60.0 Å². The summed E-state index contributed by atoms with van der Waals surface area (Å²) in [6.07, 6.45) is 1.85. The second-order valence-electron chi connectivity index (χ2n) is 7.07. The molecule has 0 aliphatic carbocycles. The minimum atomic E-state index is -4.02. The van der Waals surface area contributed by atoms with E-state index >= 15 is 0 Å². The van der Waals surface area contributed by atoms with Crippen molar-refractivity contribution in [1.82, 2.24) is 14.8 Å². The highest BCUT2D eigenvalue weighted by molar-refractivity contribution is 7.86. The smallest absolute Gasteiger partial charge is 0.297 e. The number of ether oxygens (including phenoxy) is 2. The zero-order valence-electron chi connectivity index (χ0n) is 16.4. The second-order valence-corrected chi connectivity index (χ2v) is 8.69. The third kappa shape index (κ3) is 4.64. The second kappa shape index (κ2) is 8.42. The van der Waals surface area contributed by atoms with Gasteiger partial charge in [0.2, 0.25) is 5.79 Å².